The monoisotopic (exact) mass is 434 g/mol. The third-order valence-corrected chi connectivity index (χ3v) is 4.79. The fourth-order valence-corrected chi connectivity index (χ4v) is 3.55. The van der Waals surface area contributed by atoms with Crippen LogP contribution >= 0.6 is 11.3 Å². The third kappa shape index (κ3) is 2.51. The van der Waals surface area contributed by atoms with Crippen molar-refractivity contribution in [3.63, 3.8) is 0 Å². The molecular weight excluding hydrogens is 423 g/mol. The number of pyridine rings is 1. The standard InChI is InChI=1S/C17H11N2O2S.HI/c1-19-8-6-10(7-9-19)17-18-13-14(20)11-4-2-3-5-12(11)15(21)16(13)22-17;/h2-9H,1H3;1H/q+1;/p-1. The van der Waals surface area contributed by atoms with Gasteiger partial charge in [-0.3, -0.25) is 9.59 Å². The number of ketones is 2. The number of carbonyl (C=O) groups excluding carboxylic acids is 2. The Hall–Kier alpha value is -1.93. The second-order valence-corrected chi connectivity index (χ2v) is 6.15. The van der Waals surface area contributed by atoms with Crippen LogP contribution < -0.4 is 28.5 Å². The van der Waals surface area contributed by atoms with Crippen LogP contribution in [0.3, 0.4) is 0 Å². The number of halogens is 1. The van der Waals surface area contributed by atoms with Crippen LogP contribution in [0.5, 0.6) is 0 Å². The van der Waals surface area contributed by atoms with Crippen LogP contribution in [0, 0.1) is 0 Å². The number of hydrogen-bond donors (Lipinski definition) is 0. The molecule has 0 bridgehead atoms. The van der Waals surface area contributed by atoms with Crippen LogP contribution in [0.25, 0.3) is 10.6 Å². The highest BCUT2D eigenvalue weighted by Crippen LogP contribution is 2.34. The average Bonchev–Trinajstić information content (AvgIpc) is 2.99. The number of benzene rings is 1. The summed E-state index contributed by atoms with van der Waals surface area (Å²) in [6.45, 7) is 0. The van der Waals surface area contributed by atoms with Gasteiger partial charge >= 0.3 is 0 Å². The van der Waals surface area contributed by atoms with E-state index < -0.39 is 0 Å². The normalized spacial score (nSPS) is 12.4. The summed E-state index contributed by atoms with van der Waals surface area (Å²) in [6.07, 6.45) is 3.82. The van der Waals surface area contributed by atoms with Crippen LogP contribution in [-0.2, 0) is 7.05 Å². The van der Waals surface area contributed by atoms with Gasteiger partial charge in [-0.25, -0.2) is 9.55 Å². The predicted molar refractivity (Wildman–Crippen MR) is 82.0 cm³/mol. The van der Waals surface area contributed by atoms with Crippen LogP contribution in [0.1, 0.15) is 31.3 Å². The molecule has 0 saturated heterocycles. The molecule has 3 aromatic rings. The van der Waals surface area contributed by atoms with Gasteiger partial charge in [0.25, 0.3) is 0 Å². The minimum absolute atomic E-state index is 0. The fraction of sp³-hybridized carbons (Fsp3) is 0.0588. The molecule has 0 radical (unpaired) electrons. The summed E-state index contributed by atoms with van der Waals surface area (Å²) in [4.78, 5) is 30.0. The Bertz CT molecular complexity index is 880. The number of aromatic nitrogens is 2. The van der Waals surface area contributed by atoms with E-state index in [4.69, 9.17) is 0 Å². The summed E-state index contributed by atoms with van der Waals surface area (Å²) in [5.74, 6) is -0.287. The number of thiazole rings is 1. The zero-order chi connectivity index (χ0) is 15.3. The minimum atomic E-state index is -0.172. The lowest BCUT2D eigenvalue weighted by molar-refractivity contribution is -0.671. The molecule has 4 rings (SSSR count). The summed E-state index contributed by atoms with van der Waals surface area (Å²) < 4.78 is 1.92. The van der Waals surface area contributed by atoms with Gasteiger partial charge in [-0.2, -0.15) is 0 Å². The van der Waals surface area contributed by atoms with Gasteiger partial charge in [-0.1, -0.05) is 24.3 Å². The molecule has 23 heavy (non-hydrogen) atoms. The summed E-state index contributed by atoms with van der Waals surface area (Å²) in [7, 11) is 1.93. The molecule has 0 unspecified atom stereocenters. The largest absolute Gasteiger partial charge is 1.00 e. The number of fused-ring (bicyclic) bond motifs is 2. The Morgan fingerprint density at radius 1 is 0.957 bits per heavy atom. The predicted octanol–water partition coefficient (Wildman–Crippen LogP) is -0.586. The summed E-state index contributed by atoms with van der Waals surface area (Å²) in [6, 6.07) is 10.8. The van der Waals surface area contributed by atoms with Gasteiger partial charge in [-0.15, -0.1) is 11.3 Å². The lowest BCUT2D eigenvalue weighted by Crippen LogP contribution is -3.00. The number of carbonyl (C=O) groups is 2. The molecule has 0 atom stereocenters. The zero-order valence-electron chi connectivity index (χ0n) is 12.1. The maximum atomic E-state index is 12.6. The van der Waals surface area contributed by atoms with Gasteiger partial charge in [0.2, 0.25) is 11.6 Å². The van der Waals surface area contributed by atoms with Crippen molar-refractivity contribution >= 4 is 22.9 Å². The third-order valence-electron chi connectivity index (χ3n) is 3.69. The molecule has 2 aromatic heterocycles. The first-order valence-corrected chi connectivity index (χ1v) is 7.62. The number of nitrogens with zero attached hydrogens (tertiary/aromatic N) is 2. The molecule has 1 aliphatic carbocycles. The Morgan fingerprint density at radius 3 is 2.22 bits per heavy atom. The van der Waals surface area contributed by atoms with E-state index in [1.165, 1.54) is 11.3 Å². The highest BCUT2D eigenvalue weighted by molar-refractivity contribution is 7.17. The van der Waals surface area contributed by atoms with Crippen molar-refractivity contribution in [3.05, 3.63) is 70.5 Å². The maximum absolute atomic E-state index is 12.6. The number of rotatable bonds is 1. The van der Waals surface area contributed by atoms with Crippen molar-refractivity contribution in [3.8, 4) is 10.6 Å². The maximum Gasteiger partial charge on any atom is 0.213 e. The van der Waals surface area contributed by atoms with Crippen molar-refractivity contribution < 1.29 is 38.1 Å². The second-order valence-electron chi connectivity index (χ2n) is 5.15. The molecule has 2 heterocycles. The molecule has 6 heteroatoms. The van der Waals surface area contributed by atoms with Crippen molar-refractivity contribution in [2.75, 3.05) is 0 Å². The molecule has 1 aliphatic rings. The summed E-state index contributed by atoms with van der Waals surface area (Å²) in [5.41, 5.74) is 2.09. The highest BCUT2D eigenvalue weighted by Gasteiger charge is 2.33. The zero-order valence-corrected chi connectivity index (χ0v) is 15.1. The molecular formula is C17H11IN2O2S. The van der Waals surface area contributed by atoms with E-state index in [1.807, 2.05) is 36.1 Å². The molecule has 1 aromatic carbocycles. The van der Waals surface area contributed by atoms with Gasteiger partial charge in [0, 0.05) is 28.8 Å². The molecule has 114 valence electrons. The SMILES string of the molecule is C[n+]1ccc(-c2nc3c(s2)C(=O)c2ccccc2C3=O)cc1.[I-]. The molecule has 0 saturated carbocycles. The number of aryl methyl sites for hydroxylation is 1. The molecule has 4 nitrogen and oxygen atoms in total. The van der Waals surface area contributed by atoms with Gasteiger partial charge in [0.1, 0.15) is 22.6 Å². The van der Waals surface area contributed by atoms with E-state index in [9.17, 15) is 9.59 Å². The Morgan fingerprint density at radius 2 is 1.57 bits per heavy atom. The van der Waals surface area contributed by atoms with Crippen LogP contribution in [0.4, 0.5) is 0 Å². The smallest absolute Gasteiger partial charge is 0.213 e. The van der Waals surface area contributed by atoms with Crippen molar-refractivity contribution in [2.24, 2.45) is 7.05 Å². The second kappa shape index (κ2) is 5.93. The molecule has 0 spiro atoms. The first-order valence-electron chi connectivity index (χ1n) is 6.80. The molecule has 0 fully saturated rings. The van der Waals surface area contributed by atoms with E-state index in [0.717, 1.165) is 5.56 Å². The van der Waals surface area contributed by atoms with E-state index >= 15 is 0 Å². The van der Waals surface area contributed by atoms with Crippen molar-refractivity contribution in [1.82, 2.24) is 4.98 Å². The minimum Gasteiger partial charge on any atom is -1.00 e. The van der Waals surface area contributed by atoms with Crippen molar-refractivity contribution in [2.45, 2.75) is 0 Å². The van der Waals surface area contributed by atoms with Crippen LogP contribution in [-0.4, -0.2) is 16.6 Å². The molecule has 0 amide bonds. The topological polar surface area (TPSA) is 50.9 Å². The van der Waals surface area contributed by atoms with Gasteiger partial charge in [-0.05, 0) is 0 Å². The Labute approximate surface area is 153 Å². The lowest BCUT2D eigenvalue weighted by Gasteiger charge is -2.11. The summed E-state index contributed by atoms with van der Waals surface area (Å²) >= 11 is 1.28. The molecule has 0 aliphatic heterocycles. The number of hydrogen-bond acceptors (Lipinski definition) is 4. The average molecular weight is 434 g/mol. The first-order chi connectivity index (χ1) is 10.6. The van der Waals surface area contributed by atoms with Gasteiger partial charge in [0.05, 0.1) is 0 Å². The quantitative estimate of drug-likeness (QED) is 0.298. The van der Waals surface area contributed by atoms with E-state index in [2.05, 4.69) is 4.98 Å². The van der Waals surface area contributed by atoms with E-state index in [0.29, 0.717) is 21.0 Å². The van der Waals surface area contributed by atoms with Crippen molar-refractivity contribution in [1.29, 1.82) is 0 Å². The van der Waals surface area contributed by atoms with Crippen LogP contribution in [0.15, 0.2) is 48.8 Å². The summed E-state index contributed by atoms with van der Waals surface area (Å²) in [5, 5.41) is 0.695. The van der Waals surface area contributed by atoms with E-state index in [-0.39, 0.29) is 41.2 Å². The van der Waals surface area contributed by atoms with Gasteiger partial charge < -0.3 is 24.0 Å². The van der Waals surface area contributed by atoms with Crippen LogP contribution in [0.2, 0.25) is 0 Å². The molecule has 0 N–H and O–H groups in total. The fourth-order valence-electron chi connectivity index (χ4n) is 2.52. The first kappa shape index (κ1) is 15.9. The Kier molecular flexibility index (Phi) is 4.11. The highest BCUT2D eigenvalue weighted by atomic mass is 127. The van der Waals surface area contributed by atoms with E-state index in [1.54, 1.807) is 24.3 Å². The van der Waals surface area contributed by atoms with Gasteiger partial charge in [0.15, 0.2) is 12.4 Å². The lowest BCUT2D eigenvalue weighted by atomic mass is 9.91. The Balaban J connectivity index is 0.00000156.